The van der Waals surface area contributed by atoms with Crippen LogP contribution in [0.25, 0.3) is 0 Å². The molecule has 0 bridgehead atoms. The Morgan fingerprint density at radius 2 is 2.12 bits per heavy atom. The molecule has 1 aromatic rings. The molecule has 1 aliphatic heterocycles. The van der Waals surface area contributed by atoms with Gasteiger partial charge in [-0.15, -0.1) is 0 Å². The van der Waals surface area contributed by atoms with Gasteiger partial charge in [0, 0.05) is 25.0 Å². The summed E-state index contributed by atoms with van der Waals surface area (Å²) in [5.74, 6) is 0.649. The molecule has 1 aliphatic rings. The van der Waals surface area contributed by atoms with E-state index in [0.717, 1.165) is 31.6 Å². The van der Waals surface area contributed by atoms with Crippen LogP contribution in [0.1, 0.15) is 18.5 Å². The lowest BCUT2D eigenvalue weighted by molar-refractivity contribution is -0.690. The second-order valence-corrected chi connectivity index (χ2v) is 5.01. The molecule has 2 rings (SSSR count). The van der Waals surface area contributed by atoms with Gasteiger partial charge in [0.1, 0.15) is 0 Å². The van der Waals surface area contributed by atoms with Gasteiger partial charge in [-0.25, -0.2) is 0 Å². The summed E-state index contributed by atoms with van der Waals surface area (Å²) < 4.78 is 2.04. The van der Waals surface area contributed by atoms with Gasteiger partial charge in [0.2, 0.25) is 12.3 Å². The van der Waals surface area contributed by atoms with Crippen LogP contribution in [-0.4, -0.2) is 30.8 Å². The Bertz CT molecular complexity index is 395. The number of ketones is 1. The minimum absolute atomic E-state index is 0.262. The number of hydrogen-bond acceptors (Lipinski definition) is 2. The minimum atomic E-state index is 0.262. The number of carbonyl (C=O) groups is 1. The summed E-state index contributed by atoms with van der Waals surface area (Å²) in [7, 11) is 2.12. The monoisotopic (exact) mass is 233 g/mol. The number of likely N-dealkylation sites (tertiary alicyclic amines) is 1. The van der Waals surface area contributed by atoms with Gasteiger partial charge in [0.05, 0.1) is 0 Å². The van der Waals surface area contributed by atoms with Gasteiger partial charge >= 0.3 is 0 Å². The summed E-state index contributed by atoms with van der Waals surface area (Å²) >= 11 is 0. The van der Waals surface area contributed by atoms with E-state index in [-0.39, 0.29) is 5.92 Å². The molecule has 0 aromatic carbocycles. The van der Waals surface area contributed by atoms with Gasteiger partial charge in [-0.05, 0) is 33.0 Å². The molecule has 0 spiro atoms. The minimum Gasteiger partial charge on any atom is -0.306 e. The van der Waals surface area contributed by atoms with Crippen molar-refractivity contribution in [2.24, 2.45) is 5.92 Å². The van der Waals surface area contributed by atoms with Gasteiger partial charge in [0.15, 0.2) is 11.9 Å². The van der Waals surface area contributed by atoms with Crippen molar-refractivity contribution in [1.82, 2.24) is 4.90 Å². The number of piperidine rings is 1. The van der Waals surface area contributed by atoms with E-state index in [1.54, 1.807) is 0 Å². The maximum Gasteiger partial charge on any atom is 0.206 e. The average Bonchev–Trinajstić information content (AvgIpc) is 2.33. The highest BCUT2D eigenvalue weighted by atomic mass is 16.1. The van der Waals surface area contributed by atoms with E-state index in [0.29, 0.717) is 12.3 Å². The first kappa shape index (κ1) is 12.2. The predicted molar refractivity (Wildman–Crippen MR) is 66.6 cm³/mol. The molecule has 1 saturated heterocycles. The second-order valence-electron chi connectivity index (χ2n) is 5.01. The van der Waals surface area contributed by atoms with Crippen LogP contribution in [-0.2, 0) is 11.3 Å². The van der Waals surface area contributed by atoms with Crippen molar-refractivity contribution in [1.29, 1.82) is 0 Å². The highest BCUT2D eigenvalue weighted by molar-refractivity contribution is 5.79. The normalized spacial score (nSPS) is 18.2. The van der Waals surface area contributed by atoms with Gasteiger partial charge in [-0.3, -0.25) is 4.79 Å². The van der Waals surface area contributed by atoms with Crippen LogP contribution < -0.4 is 4.57 Å². The third-order valence-corrected chi connectivity index (χ3v) is 3.67. The van der Waals surface area contributed by atoms with E-state index in [1.807, 2.05) is 35.9 Å². The number of Topliss-reactive ketones (excluding diaryl/α,β-unsaturated/α-hetero) is 1. The molecule has 0 unspecified atom stereocenters. The van der Waals surface area contributed by atoms with Crippen molar-refractivity contribution in [3.05, 3.63) is 30.1 Å². The quantitative estimate of drug-likeness (QED) is 0.733. The van der Waals surface area contributed by atoms with Crippen LogP contribution in [0.15, 0.2) is 24.4 Å². The molecule has 0 radical (unpaired) electrons. The van der Waals surface area contributed by atoms with Crippen molar-refractivity contribution in [3.63, 3.8) is 0 Å². The molecule has 3 heteroatoms. The summed E-state index contributed by atoms with van der Waals surface area (Å²) in [6.45, 7) is 4.67. The summed E-state index contributed by atoms with van der Waals surface area (Å²) in [5.41, 5.74) is 1.15. The highest BCUT2D eigenvalue weighted by Gasteiger charge is 2.26. The van der Waals surface area contributed by atoms with Crippen LogP contribution in [0.3, 0.4) is 0 Å². The second kappa shape index (κ2) is 5.41. The highest BCUT2D eigenvalue weighted by Crippen LogP contribution is 2.16. The summed E-state index contributed by atoms with van der Waals surface area (Å²) in [5, 5.41) is 0. The number of rotatable bonds is 3. The summed E-state index contributed by atoms with van der Waals surface area (Å²) in [6.07, 6.45) is 4.02. The fourth-order valence-electron chi connectivity index (χ4n) is 2.37. The Hall–Kier alpha value is -1.22. The number of hydrogen-bond donors (Lipinski definition) is 0. The first-order valence-electron chi connectivity index (χ1n) is 6.33. The van der Waals surface area contributed by atoms with Crippen LogP contribution in [0.5, 0.6) is 0 Å². The van der Waals surface area contributed by atoms with Gasteiger partial charge in [-0.2, -0.15) is 4.57 Å². The molecule has 0 amide bonds. The van der Waals surface area contributed by atoms with E-state index in [9.17, 15) is 4.79 Å². The molecule has 0 aliphatic carbocycles. The fraction of sp³-hybridized carbons (Fsp3) is 0.571. The van der Waals surface area contributed by atoms with E-state index < -0.39 is 0 Å². The zero-order valence-electron chi connectivity index (χ0n) is 10.7. The largest absolute Gasteiger partial charge is 0.306 e. The molecular formula is C14H21N2O+. The molecule has 0 atom stereocenters. The number of nitrogens with zero attached hydrogens (tertiary/aromatic N) is 2. The standard InChI is InChI=1S/C14H21N2O/c1-12-5-3-4-8-16(12)11-14(17)13-6-9-15(2)10-7-13/h3-5,8,13H,6-7,9-11H2,1-2H3/q+1. The molecule has 1 aromatic heterocycles. The van der Waals surface area contributed by atoms with Crippen molar-refractivity contribution >= 4 is 5.78 Å². The number of aromatic nitrogens is 1. The average molecular weight is 233 g/mol. The maximum absolute atomic E-state index is 12.2. The smallest absolute Gasteiger partial charge is 0.206 e. The molecule has 0 N–H and O–H groups in total. The number of carbonyl (C=O) groups excluding carboxylic acids is 1. The first-order valence-corrected chi connectivity index (χ1v) is 6.33. The van der Waals surface area contributed by atoms with E-state index in [2.05, 4.69) is 11.9 Å². The lowest BCUT2D eigenvalue weighted by Gasteiger charge is -2.27. The Balaban J connectivity index is 1.95. The topological polar surface area (TPSA) is 24.2 Å². The van der Waals surface area contributed by atoms with Crippen molar-refractivity contribution in [2.45, 2.75) is 26.3 Å². The lowest BCUT2D eigenvalue weighted by atomic mass is 9.92. The maximum atomic E-state index is 12.2. The molecule has 92 valence electrons. The van der Waals surface area contributed by atoms with E-state index >= 15 is 0 Å². The van der Waals surface area contributed by atoms with Crippen LogP contribution >= 0.6 is 0 Å². The van der Waals surface area contributed by atoms with Gasteiger partial charge in [-0.1, -0.05) is 6.07 Å². The molecular weight excluding hydrogens is 212 g/mol. The van der Waals surface area contributed by atoms with Crippen LogP contribution in [0, 0.1) is 12.8 Å². The summed E-state index contributed by atoms with van der Waals surface area (Å²) in [4.78, 5) is 14.5. The Morgan fingerprint density at radius 1 is 1.41 bits per heavy atom. The van der Waals surface area contributed by atoms with Gasteiger partial charge < -0.3 is 4.90 Å². The third-order valence-electron chi connectivity index (χ3n) is 3.67. The lowest BCUT2D eigenvalue weighted by Crippen LogP contribution is -2.44. The molecule has 17 heavy (non-hydrogen) atoms. The van der Waals surface area contributed by atoms with Crippen LogP contribution in [0.4, 0.5) is 0 Å². The molecule has 3 nitrogen and oxygen atoms in total. The summed E-state index contributed by atoms with van der Waals surface area (Å²) in [6, 6.07) is 6.03. The Kier molecular flexibility index (Phi) is 3.89. The van der Waals surface area contributed by atoms with E-state index in [1.165, 1.54) is 0 Å². The predicted octanol–water partition coefficient (Wildman–Crippen LogP) is 1.19. The Labute approximate surface area is 103 Å². The zero-order valence-corrected chi connectivity index (χ0v) is 10.7. The Morgan fingerprint density at radius 3 is 2.76 bits per heavy atom. The van der Waals surface area contributed by atoms with Crippen molar-refractivity contribution in [2.75, 3.05) is 20.1 Å². The number of aryl methyl sites for hydroxylation is 1. The zero-order chi connectivity index (χ0) is 12.3. The van der Waals surface area contributed by atoms with Crippen LogP contribution in [0.2, 0.25) is 0 Å². The van der Waals surface area contributed by atoms with E-state index in [4.69, 9.17) is 0 Å². The van der Waals surface area contributed by atoms with Gasteiger partial charge in [0.25, 0.3) is 0 Å². The number of pyridine rings is 1. The molecule has 0 saturated carbocycles. The molecule has 2 heterocycles. The first-order chi connectivity index (χ1) is 8.16. The fourth-order valence-corrected chi connectivity index (χ4v) is 2.37. The molecule has 1 fully saturated rings. The van der Waals surface area contributed by atoms with Crippen molar-refractivity contribution in [3.8, 4) is 0 Å². The third kappa shape index (κ3) is 3.13. The SMILES string of the molecule is Cc1cccc[n+]1CC(=O)C1CCN(C)CC1. The van der Waals surface area contributed by atoms with Crippen molar-refractivity contribution < 1.29 is 9.36 Å².